The molecule has 0 aliphatic heterocycles. The monoisotopic (exact) mass is 293 g/mol. The van der Waals surface area contributed by atoms with Crippen molar-refractivity contribution < 1.29 is 14.3 Å². The number of esters is 1. The van der Waals surface area contributed by atoms with Crippen LogP contribution in [0.5, 0.6) is 0 Å². The van der Waals surface area contributed by atoms with Crippen LogP contribution in [-0.4, -0.2) is 29.1 Å². The van der Waals surface area contributed by atoms with Gasteiger partial charge in [0.05, 0.1) is 5.69 Å². The summed E-state index contributed by atoms with van der Waals surface area (Å²) in [6.07, 6.45) is 5.74. The van der Waals surface area contributed by atoms with Crippen LogP contribution >= 0.6 is 0 Å². The average molecular weight is 293 g/mol. The first kappa shape index (κ1) is 15.4. The number of hydrogen-bond acceptors (Lipinski definition) is 4. The quantitative estimate of drug-likeness (QED) is 0.751. The van der Waals surface area contributed by atoms with E-state index in [9.17, 15) is 9.59 Å². The molecule has 1 saturated carbocycles. The van der Waals surface area contributed by atoms with Gasteiger partial charge in [-0.15, -0.1) is 0 Å². The Morgan fingerprint density at radius 2 is 2.24 bits per heavy atom. The molecule has 1 atom stereocenters. The van der Waals surface area contributed by atoms with Crippen LogP contribution in [0.15, 0.2) is 12.3 Å². The number of rotatable bonds is 7. The van der Waals surface area contributed by atoms with Gasteiger partial charge in [-0.1, -0.05) is 13.3 Å². The summed E-state index contributed by atoms with van der Waals surface area (Å²) in [5.74, 6) is -0.779. The Bertz CT molecular complexity index is 520. The number of nitrogens with one attached hydrogen (secondary N) is 1. The molecule has 0 spiro atoms. The second kappa shape index (κ2) is 6.65. The van der Waals surface area contributed by atoms with Gasteiger partial charge in [0.1, 0.15) is 5.69 Å². The summed E-state index contributed by atoms with van der Waals surface area (Å²) < 4.78 is 6.92. The van der Waals surface area contributed by atoms with Crippen LogP contribution < -0.4 is 11.1 Å². The number of aromatic nitrogens is 1. The highest BCUT2D eigenvalue weighted by atomic mass is 16.5. The van der Waals surface area contributed by atoms with Gasteiger partial charge in [0.2, 0.25) is 0 Å². The van der Waals surface area contributed by atoms with E-state index in [1.807, 2.05) is 11.5 Å². The van der Waals surface area contributed by atoms with Crippen molar-refractivity contribution in [2.45, 2.75) is 51.6 Å². The van der Waals surface area contributed by atoms with Gasteiger partial charge in [-0.05, 0) is 32.3 Å². The maximum Gasteiger partial charge on any atom is 0.355 e. The summed E-state index contributed by atoms with van der Waals surface area (Å²) in [5.41, 5.74) is 6.69. The predicted molar refractivity (Wildman–Crippen MR) is 79.9 cm³/mol. The second-order valence-corrected chi connectivity index (χ2v) is 5.63. The van der Waals surface area contributed by atoms with E-state index in [1.165, 1.54) is 0 Å². The van der Waals surface area contributed by atoms with Gasteiger partial charge in [-0.3, -0.25) is 4.79 Å². The molecule has 0 aromatic carbocycles. The number of anilines is 1. The standard InChI is InChI=1S/C15H23N3O3/c1-3-4-10(2)17-14(19)9-21-15(20)13-7-11(16)8-18(13)12-5-6-12/h7-8,10,12H,3-6,9,16H2,1-2H3,(H,17,19). The maximum absolute atomic E-state index is 12.0. The predicted octanol–water partition coefficient (Wildman–Crippen LogP) is 1.87. The van der Waals surface area contributed by atoms with Crippen LogP contribution in [-0.2, 0) is 9.53 Å². The molecule has 1 fully saturated rings. The first-order valence-corrected chi connectivity index (χ1v) is 7.45. The van der Waals surface area contributed by atoms with E-state index < -0.39 is 5.97 Å². The van der Waals surface area contributed by atoms with Crippen LogP contribution in [0, 0.1) is 0 Å². The van der Waals surface area contributed by atoms with Gasteiger partial charge in [0.15, 0.2) is 6.61 Å². The normalized spacial score (nSPS) is 15.5. The molecule has 116 valence electrons. The van der Waals surface area contributed by atoms with Crippen LogP contribution in [0.1, 0.15) is 56.1 Å². The fourth-order valence-corrected chi connectivity index (χ4v) is 2.35. The first-order chi connectivity index (χ1) is 10.0. The number of nitrogens with zero attached hydrogens (tertiary/aromatic N) is 1. The number of carbonyl (C=O) groups is 2. The second-order valence-electron chi connectivity index (χ2n) is 5.63. The van der Waals surface area contributed by atoms with Crippen LogP contribution in [0.2, 0.25) is 0 Å². The molecule has 0 saturated heterocycles. The van der Waals surface area contributed by atoms with Crippen molar-refractivity contribution in [1.82, 2.24) is 9.88 Å². The van der Waals surface area contributed by atoms with E-state index in [-0.39, 0.29) is 18.6 Å². The molecule has 0 radical (unpaired) electrons. The van der Waals surface area contributed by atoms with Crippen LogP contribution in [0.25, 0.3) is 0 Å². The van der Waals surface area contributed by atoms with E-state index in [0.29, 0.717) is 17.4 Å². The molecule has 1 aromatic heterocycles. The van der Waals surface area contributed by atoms with Crippen molar-refractivity contribution in [2.24, 2.45) is 0 Å². The van der Waals surface area contributed by atoms with Gasteiger partial charge in [-0.2, -0.15) is 0 Å². The zero-order valence-electron chi connectivity index (χ0n) is 12.6. The van der Waals surface area contributed by atoms with Crippen molar-refractivity contribution in [2.75, 3.05) is 12.3 Å². The Balaban J connectivity index is 1.86. The minimum Gasteiger partial charge on any atom is -0.451 e. The Labute approximate surface area is 124 Å². The summed E-state index contributed by atoms with van der Waals surface area (Å²) in [5, 5.41) is 2.79. The molecule has 6 heteroatoms. The molecule has 1 aliphatic carbocycles. The van der Waals surface area contributed by atoms with Gasteiger partial charge < -0.3 is 20.4 Å². The topological polar surface area (TPSA) is 86.3 Å². The molecule has 0 bridgehead atoms. The lowest BCUT2D eigenvalue weighted by molar-refractivity contribution is -0.124. The number of amides is 1. The highest BCUT2D eigenvalue weighted by molar-refractivity contribution is 5.91. The third kappa shape index (κ3) is 4.24. The summed E-state index contributed by atoms with van der Waals surface area (Å²) in [7, 11) is 0. The molecule has 2 rings (SSSR count). The van der Waals surface area contributed by atoms with Crippen molar-refractivity contribution in [3.8, 4) is 0 Å². The number of hydrogen-bond donors (Lipinski definition) is 2. The smallest absolute Gasteiger partial charge is 0.355 e. The lowest BCUT2D eigenvalue weighted by atomic mass is 10.2. The third-order valence-corrected chi connectivity index (χ3v) is 3.48. The number of ether oxygens (including phenoxy) is 1. The summed E-state index contributed by atoms with van der Waals surface area (Å²) in [4.78, 5) is 23.7. The highest BCUT2D eigenvalue weighted by Crippen LogP contribution is 2.37. The molecule has 1 heterocycles. The lowest BCUT2D eigenvalue weighted by Gasteiger charge is -2.13. The zero-order chi connectivity index (χ0) is 15.4. The van der Waals surface area contributed by atoms with Crippen molar-refractivity contribution in [3.05, 3.63) is 18.0 Å². The van der Waals surface area contributed by atoms with Crippen molar-refractivity contribution in [1.29, 1.82) is 0 Å². The molecule has 1 unspecified atom stereocenters. The molecule has 3 N–H and O–H groups in total. The molecule has 21 heavy (non-hydrogen) atoms. The number of carbonyl (C=O) groups excluding carboxylic acids is 2. The van der Waals surface area contributed by atoms with E-state index >= 15 is 0 Å². The van der Waals surface area contributed by atoms with E-state index in [4.69, 9.17) is 10.5 Å². The Morgan fingerprint density at radius 3 is 2.86 bits per heavy atom. The molecule has 6 nitrogen and oxygen atoms in total. The molecule has 1 aliphatic rings. The van der Waals surface area contributed by atoms with Gasteiger partial charge >= 0.3 is 5.97 Å². The minimum atomic E-state index is -0.503. The van der Waals surface area contributed by atoms with Gasteiger partial charge in [0, 0.05) is 18.3 Å². The zero-order valence-corrected chi connectivity index (χ0v) is 12.6. The van der Waals surface area contributed by atoms with E-state index in [0.717, 1.165) is 25.7 Å². The molecular weight excluding hydrogens is 270 g/mol. The van der Waals surface area contributed by atoms with Crippen LogP contribution in [0.4, 0.5) is 5.69 Å². The Hall–Kier alpha value is -1.98. The van der Waals surface area contributed by atoms with E-state index in [1.54, 1.807) is 12.3 Å². The van der Waals surface area contributed by atoms with Crippen molar-refractivity contribution in [3.63, 3.8) is 0 Å². The number of nitrogens with two attached hydrogens (primary N) is 1. The third-order valence-electron chi connectivity index (χ3n) is 3.48. The molecule has 1 amide bonds. The first-order valence-electron chi connectivity index (χ1n) is 7.45. The minimum absolute atomic E-state index is 0.0900. The van der Waals surface area contributed by atoms with Gasteiger partial charge in [-0.25, -0.2) is 4.79 Å². The lowest BCUT2D eigenvalue weighted by Crippen LogP contribution is -2.35. The maximum atomic E-state index is 12.0. The summed E-state index contributed by atoms with van der Waals surface area (Å²) >= 11 is 0. The molecular formula is C15H23N3O3. The fourth-order valence-electron chi connectivity index (χ4n) is 2.35. The largest absolute Gasteiger partial charge is 0.451 e. The van der Waals surface area contributed by atoms with Gasteiger partial charge in [0.25, 0.3) is 5.91 Å². The van der Waals surface area contributed by atoms with Crippen molar-refractivity contribution >= 4 is 17.6 Å². The SMILES string of the molecule is CCCC(C)NC(=O)COC(=O)c1cc(N)cn1C1CC1. The van der Waals surface area contributed by atoms with E-state index in [2.05, 4.69) is 12.2 Å². The average Bonchev–Trinajstić information content (AvgIpc) is 3.19. The van der Waals surface area contributed by atoms with Crippen LogP contribution in [0.3, 0.4) is 0 Å². The summed E-state index contributed by atoms with van der Waals surface area (Å²) in [6, 6.07) is 2.02. The summed E-state index contributed by atoms with van der Waals surface area (Å²) in [6.45, 7) is 3.73. The Morgan fingerprint density at radius 1 is 1.52 bits per heavy atom. The fraction of sp³-hybridized carbons (Fsp3) is 0.600. The number of nitrogen functional groups attached to an aromatic ring is 1. The highest BCUT2D eigenvalue weighted by Gasteiger charge is 2.28. The molecule has 1 aromatic rings. The Kier molecular flexibility index (Phi) is 4.88.